The highest BCUT2D eigenvalue weighted by molar-refractivity contribution is 5.89. The van der Waals surface area contributed by atoms with E-state index in [1.807, 2.05) is 18.2 Å². The highest BCUT2D eigenvalue weighted by Crippen LogP contribution is 2.20. The number of nitrogens with zero attached hydrogens (tertiary/aromatic N) is 3. The van der Waals surface area contributed by atoms with Crippen LogP contribution < -0.4 is 4.90 Å². The summed E-state index contributed by atoms with van der Waals surface area (Å²) in [6, 6.07) is 17.0. The van der Waals surface area contributed by atoms with Crippen LogP contribution in [0.25, 0.3) is 23.1 Å². The van der Waals surface area contributed by atoms with Gasteiger partial charge in [-0.05, 0) is 36.4 Å². The molecule has 0 spiro atoms. The number of rotatable bonds is 4. The molecule has 1 aromatic heterocycles. The molecule has 4 nitrogen and oxygen atoms in total. The minimum atomic E-state index is 0.982. The van der Waals surface area contributed by atoms with Crippen molar-refractivity contribution in [2.75, 3.05) is 37.6 Å². The first-order valence-corrected chi connectivity index (χ1v) is 9.02. The van der Waals surface area contributed by atoms with E-state index in [1.165, 1.54) is 11.3 Å². The lowest BCUT2D eigenvalue weighted by Crippen LogP contribution is -2.46. The number of H-pyrrole nitrogens is 1. The summed E-state index contributed by atoms with van der Waals surface area (Å²) in [7, 11) is 0. The van der Waals surface area contributed by atoms with Crippen LogP contribution >= 0.6 is 0 Å². The van der Waals surface area contributed by atoms with E-state index < -0.39 is 0 Å². The Labute approximate surface area is 148 Å². The fraction of sp³-hybridized carbons (Fsp3) is 0.286. The summed E-state index contributed by atoms with van der Waals surface area (Å²) in [5, 5.41) is 8.62. The van der Waals surface area contributed by atoms with E-state index in [9.17, 15) is 0 Å². The molecule has 4 heteroatoms. The van der Waals surface area contributed by atoms with Crippen molar-refractivity contribution in [3.8, 4) is 0 Å². The van der Waals surface area contributed by atoms with Gasteiger partial charge in [-0.25, -0.2) is 0 Å². The Hall–Kier alpha value is -2.59. The van der Waals surface area contributed by atoms with Gasteiger partial charge in [-0.3, -0.25) is 5.10 Å². The van der Waals surface area contributed by atoms with Gasteiger partial charge in [0.2, 0.25) is 0 Å². The predicted molar refractivity (Wildman–Crippen MR) is 106 cm³/mol. The Morgan fingerprint density at radius 3 is 2.48 bits per heavy atom. The lowest BCUT2D eigenvalue weighted by atomic mass is 10.1. The van der Waals surface area contributed by atoms with Crippen LogP contribution in [0, 0.1) is 0 Å². The lowest BCUT2D eigenvalue weighted by molar-refractivity contribution is 0.271. The first kappa shape index (κ1) is 15.9. The molecule has 1 fully saturated rings. The number of benzene rings is 2. The van der Waals surface area contributed by atoms with Crippen LogP contribution in [-0.4, -0.2) is 47.8 Å². The molecule has 1 saturated heterocycles. The van der Waals surface area contributed by atoms with Crippen molar-refractivity contribution < 1.29 is 0 Å². The summed E-state index contributed by atoms with van der Waals surface area (Å²) < 4.78 is 0. The zero-order valence-corrected chi connectivity index (χ0v) is 14.7. The second-order valence-electron chi connectivity index (χ2n) is 6.50. The zero-order chi connectivity index (χ0) is 17.1. The molecular formula is C21H24N4. The zero-order valence-electron chi connectivity index (χ0n) is 14.7. The quantitative estimate of drug-likeness (QED) is 0.787. The van der Waals surface area contributed by atoms with Crippen molar-refractivity contribution in [2.45, 2.75) is 6.92 Å². The maximum atomic E-state index is 4.39. The Bertz CT molecular complexity index is 855. The molecule has 2 heterocycles. The van der Waals surface area contributed by atoms with Crippen molar-refractivity contribution in [2.24, 2.45) is 0 Å². The molecule has 3 aromatic rings. The number of aromatic amines is 1. The highest BCUT2D eigenvalue weighted by atomic mass is 15.3. The molecule has 2 aromatic carbocycles. The van der Waals surface area contributed by atoms with E-state index in [0.717, 1.165) is 49.3 Å². The van der Waals surface area contributed by atoms with Crippen LogP contribution in [-0.2, 0) is 0 Å². The topological polar surface area (TPSA) is 35.2 Å². The second kappa shape index (κ2) is 7.11. The normalized spacial score (nSPS) is 16.1. The largest absolute Gasteiger partial charge is 0.369 e. The van der Waals surface area contributed by atoms with Crippen LogP contribution in [0.15, 0.2) is 48.5 Å². The number of hydrogen-bond acceptors (Lipinski definition) is 3. The van der Waals surface area contributed by atoms with E-state index in [-0.39, 0.29) is 0 Å². The molecule has 0 unspecified atom stereocenters. The number of aromatic nitrogens is 2. The third kappa shape index (κ3) is 3.44. The number of anilines is 1. The summed E-state index contributed by atoms with van der Waals surface area (Å²) in [5.74, 6) is 0. The Morgan fingerprint density at radius 1 is 0.960 bits per heavy atom. The van der Waals surface area contributed by atoms with Crippen molar-refractivity contribution in [3.05, 3.63) is 59.8 Å². The molecule has 4 rings (SSSR count). The van der Waals surface area contributed by atoms with Gasteiger partial charge in [-0.1, -0.05) is 43.3 Å². The molecule has 0 bridgehead atoms. The van der Waals surface area contributed by atoms with Crippen LogP contribution in [0.5, 0.6) is 0 Å². The van der Waals surface area contributed by atoms with Gasteiger partial charge in [0.05, 0.1) is 11.2 Å². The molecule has 1 N–H and O–H groups in total. The van der Waals surface area contributed by atoms with Crippen LogP contribution in [0.2, 0.25) is 0 Å². The molecular weight excluding hydrogens is 308 g/mol. The summed E-state index contributed by atoms with van der Waals surface area (Å²) in [6.07, 6.45) is 4.20. The number of hydrogen-bond donors (Lipinski definition) is 1. The van der Waals surface area contributed by atoms with E-state index in [2.05, 4.69) is 69.4 Å². The number of nitrogens with one attached hydrogen (secondary N) is 1. The molecule has 128 valence electrons. The van der Waals surface area contributed by atoms with Gasteiger partial charge in [-0.15, -0.1) is 0 Å². The standard InChI is InChI=1S/C21H24N4/c1-2-24-13-15-25(16-14-24)18-10-7-17(8-11-18)9-12-21-19-5-3-4-6-20(19)22-23-21/h3-12H,2,13-16H2,1H3,(H,22,23)/b12-9+. The Morgan fingerprint density at radius 2 is 1.72 bits per heavy atom. The maximum absolute atomic E-state index is 4.39. The average Bonchev–Trinajstić information content (AvgIpc) is 3.10. The van der Waals surface area contributed by atoms with Gasteiger partial charge in [0.1, 0.15) is 0 Å². The molecule has 0 saturated carbocycles. The third-order valence-electron chi connectivity index (χ3n) is 5.01. The van der Waals surface area contributed by atoms with E-state index in [4.69, 9.17) is 0 Å². The summed E-state index contributed by atoms with van der Waals surface area (Å²) in [6.45, 7) is 7.93. The molecule has 25 heavy (non-hydrogen) atoms. The maximum Gasteiger partial charge on any atom is 0.0927 e. The summed E-state index contributed by atoms with van der Waals surface area (Å²) in [4.78, 5) is 4.97. The third-order valence-corrected chi connectivity index (χ3v) is 5.01. The van der Waals surface area contributed by atoms with Crippen molar-refractivity contribution in [1.82, 2.24) is 15.1 Å². The SMILES string of the molecule is CCN1CCN(c2ccc(/C=C/c3n[nH]c4ccccc34)cc2)CC1. The van der Waals surface area contributed by atoms with Crippen molar-refractivity contribution in [1.29, 1.82) is 0 Å². The van der Waals surface area contributed by atoms with Gasteiger partial charge >= 0.3 is 0 Å². The second-order valence-corrected chi connectivity index (χ2v) is 6.50. The fourth-order valence-electron chi connectivity index (χ4n) is 3.41. The smallest absolute Gasteiger partial charge is 0.0927 e. The molecule has 0 amide bonds. The van der Waals surface area contributed by atoms with Crippen LogP contribution in [0.4, 0.5) is 5.69 Å². The molecule has 0 atom stereocenters. The molecule has 0 radical (unpaired) electrons. The monoisotopic (exact) mass is 332 g/mol. The number of piperazine rings is 1. The minimum Gasteiger partial charge on any atom is -0.369 e. The predicted octanol–water partition coefficient (Wildman–Crippen LogP) is 3.88. The first-order valence-electron chi connectivity index (χ1n) is 9.02. The van der Waals surface area contributed by atoms with Gasteiger partial charge in [0, 0.05) is 37.3 Å². The Kier molecular flexibility index (Phi) is 4.53. The van der Waals surface area contributed by atoms with Gasteiger partial charge in [0.25, 0.3) is 0 Å². The summed E-state index contributed by atoms with van der Waals surface area (Å²) >= 11 is 0. The summed E-state index contributed by atoms with van der Waals surface area (Å²) in [5.41, 5.74) is 4.57. The van der Waals surface area contributed by atoms with Gasteiger partial charge < -0.3 is 9.80 Å². The van der Waals surface area contributed by atoms with E-state index in [1.54, 1.807) is 0 Å². The lowest BCUT2D eigenvalue weighted by Gasteiger charge is -2.35. The highest BCUT2D eigenvalue weighted by Gasteiger charge is 2.15. The number of para-hydroxylation sites is 1. The van der Waals surface area contributed by atoms with E-state index >= 15 is 0 Å². The number of likely N-dealkylation sites (N-methyl/N-ethyl adjacent to an activating group) is 1. The molecule has 1 aliphatic heterocycles. The van der Waals surface area contributed by atoms with Gasteiger partial charge in [0.15, 0.2) is 0 Å². The fourth-order valence-corrected chi connectivity index (χ4v) is 3.41. The molecule has 0 aliphatic carbocycles. The van der Waals surface area contributed by atoms with Crippen LogP contribution in [0.1, 0.15) is 18.2 Å². The first-order chi connectivity index (χ1) is 12.3. The van der Waals surface area contributed by atoms with Crippen molar-refractivity contribution in [3.63, 3.8) is 0 Å². The van der Waals surface area contributed by atoms with E-state index in [0.29, 0.717) is 0 Å². The number of fused-ring (bicyclic) bond motifs is 1. The van der Waals surface area contributed by atoms with Gasteiger partial charge in [-0.2, -0.15) is 5.10 Å². The minimum absolute atomic E-state index is 0.982. The average molecular weight is 332 g/mol. The van der Waals surface area contributed by atoms with Crippen LogP contribution in [0.3, 0.4) is 0 Å². The Balaban J connectivity index is 1.45. The van der Waals surface area contributed by atoms with Crippen molar-refractivity contribution >= 4 is 28.7 Å². The molecule has 1 aliphatic rings.